The van der Waals surface area contributed by atoms with Gasteiger partial charge in [0.1, 0.15) is 0 Å². The van der Waals surface area contributed by atoms with Crippen LogP contribution in [-0.4, -0.2) is 9.13 Å². The van der Waals surface area contributed by atoms with Gasteiger partial charge in [-0.1, -0.05) is 56.2 Å². The molecular formula is C13H24IN. The van der Waals surface area contributed by atoms with Gasteiger partial charge in [0, 0.05) is 15.1 Å². The molecule has 0 amide bonds. The SMILES string of the molecule is CCCC(=N)C(CC)C1CC1(I)CCC. The summed E-state index contributed by atoms with van der Waals surface area (Å²) in [6.45, 7) is 6.70. The fourth-order valence-corrected chi connectivity index (χ4v) is 4.19. The minimum atomic E-state index is 0.549. The van der Waals surface area contributed by atoms with E-state index >= 15 is 0 Å². The summed E-state index contributed by atoms with van der Waals surface area (Å²) in [7, 11) is 0. The molecule has 0 aromatic carbocycles. The summed E-state index contributed by atoms with van der Waals surface area (Å²) in [5, 5.41) is 8.12. The first kappa shape index (κ1) is 13.5. The lowest BCUT2D eigenvalue weighted by molar-refractivity contribution is 0.536. The first-order valence-electron chi connectivity index (χ1n) is 6.35. The molecule has 0 aliphatic heterocycles. The molecule has 0 radical (unpaired) electrons. The van der Waals surface area contributed by atoms with E-state index in [2.05, 4.69) is 43.4 Å². The molecule has 88 valence electrons. The predicted octanol–water partition coefficient (Wildman–Crippen LogP) is 4.83. The highest BCUT2D eigenvalue weighted by Crippen LogP contribution is 2.59. The van der Waals surface area contributed by atoms with Crippen molar-refractivity contribution in [1.82, 2.24) is 0 Å². The molecule has 1 N–H and O–H groups in total. The Bertz CT molecular complexity index is 227. The third kappa shape index (κ3) is 3.18. The molecule has 0 heterocycles. The van der Waals surface area contributed by atoms with E-state index in [9.17, 15) is 0 Å². The summed E-state index contributed by atoms with van der Waals surface area (Å²) < 4.78 is 0.549. The quantitative estimate of drug-likeness (QED) is 0.395. The Morgan fingerprint density at radius 2 is 2.07 bits per heavy atom. The zero-order valence-electron chi connectivity index (χ0n) is 10.3. The normalized spacial score (nSPS) is 31.3. The predicted molar refractivity (Wildman–Crippen MR) is 76.2 cm³/mol. The van der Waals surface area contributed by atoms with E-state index in [0.29, 0.717) is 9.34 Å². The van der Waals surface area contributed by atoms with Gasteiger partial charge in [0.2, 0.25) is 0 Å². The van der Waals surface area contributed by atoms with Crippen LogP contribution >= 0.6 is 22.6 Å². The van der Waals surface area contributed by atoms with E-state index in [0.717, 1.165) is 30.9 Å². The molecule has 1 nitrogen and oxygen atoms in total. The summed E-state index contributed by atoms with van der Waals surface area (Å²) in [5.41, 5.74) is 1.01. The maximum Gasteiger partial charge on any atom is 0.0260 e. The first-order chi connectivity index (χ1) is 7.09. The third-order valence-electron chi connectivity index (χ3n) is 3.62. The van der Waals surface area contributed by atoms with Crippen molar-refractivity contribution in [3.05, 3.63) is 0 Å². The van der Waals surface area contributed by atoms with Crippen molar-refractivity contribution < 1.29 is 0 Å². The molecule has 3 unspecified atom stereocenters. The maximum atomic E-state index is 8.12. The Kier molecular flexibility index (Phi) is 5.07. The minimum absolute atomic E-state index is 0.549. The second kappa shape index (κ2) is 5.65. The maximum absolute atomic E-state index is 8.12. The van der Waals surface area contributed by atoms with Crippen LogP contribution in [0.4, 0.5) is 0 Å². The van der Waals surface area contributed by atoms with Crippen molar-refractivity contribution >= 4 is 28.3 Å². The number of hydrogen-bond acceptors (Lipinski definition) is 1. The largest absolute Gasteiger partial charge is 0.309 e. The van der Waals surface area contributed by atoms with Gasteiger partial charge >= 0.3 is 0 Å². The van der Waals surface area contributed by atoms with Gasteiger partial charge in [-0.25, -0.2) is 0 Å². The highest BCUT2D eigenvalue weighted by molar-refractivity contribution is 14.1. The van der Waals surface area contributed by atoms with E-state index in [1.165, 1.54) is 19.3 Å². The van der Waals surface area contributed by atoms with Gasteiger partial charge in [-0.2, -0.15) is 0 Å². The number of rotatable bonds is 7. The molecule has 2 heteroatoms. The van der Waals surface area contributed by atoms with E-state index in [1.807, 2.05) is 0 Å². The number of alkyl halides is 1. The van der Waals surface area contributed by atoms with Crippen molar-refractivity contribution in [1.29, 1.82) is 5.41 Å². The molecule has 1 rings (SSSR count). The smallest absolute Gasteiger partial charge is 0.0260 e. The summed E-state index contributed by atoms with van der Waals surface area (Å²) >= 11 is 2.65. The molecule has 0 saturated heterocycles. The van der Waals surface area contributed by atoms with Crippen LogP contribution in [-0.2, 0) is 0 Å². The Balaban J connectivity index is 2.52. The topological polar surface area (TPSA) is 23.9 Å². The standard InChI is InChI=1S/C13H24IN/c1-4-7-12(15)10(6-3)11-9-13(11,14)8-5-2/h10-11,15H,4-9H2,1-3H3. The lowest BCUT2D eigenvalue weighted by Gasteiger charge is -2.18. The van der Waals surface area contributed by atoms with Crippen molar-refractivity contribution in [2.24, 2.45) is 11.8 Å². The Morgan fingerprint density at radius 3 is 2.53 bits per heavy atom. The molecular weight excluding hydrogens is 297 g/mol. The van der Waals surface area contributed by atoms with Crippen molar-refractivity contribution in [2.45, 2.75) is 62.7 Å². The van der Waals surface area contributed by atoms with Crippen LogP contribution in [0.2, 0.25) is 0 Å². The number of hydrogen-bond donors (Lipinski definition) is 1. The summed E-state index contributed by atoms with van der Waals surface area (Å²) in [4.78, 5) is 0. The van der Waals surface area contributed by atoms with Gasteiger partial charge in [-0.15, -0.1) is 0 Å². The summed E-state index contributed by atoms with van der Waals surface area (Å²) in [5.74, 6) is 1.38. The highest BCUT2D eigenvalue weighted by atomic mass is 127. The average Bonchev–Trinajstić information content (AvgIpc) is 2.80. The fraction of sp³-hybridized carbons (Fsp3) is 0.923. The molecule has 0 aromatic heterocycles. The van der Waals surface area contributed by atoms with E-state index < -0.39 is 0 Å². The van der Waals surface area contributed by atoms with E-state index in [-0.39, 0.29) is 0 Å². The molecule has 1 aliphatic rings. The molecule has 0 spiro atoms. The van der Waals surface area contributed by atoms with Gasteiger partial charge in [0.25, 0.3) is 0 Å². The second-order valence-electron chi connectivity index (χ2n) is 4.89. The van der Waals surface area contributed by atoms with Crippen LogP contribution in [0.1, 0.15) is 59.3 Å². The molecule has 1 aliphatic carbocycles. The molecule has 0 aromatic rings. The minimum Gasteiger partial charge on any atom is -0.309 e. The molecule has 1 saturated carbocycles. The van der Waals surface area contributed by atoms with Crippen molar-refractivity contribution in [3.63, 3.8) is 0 Å². The van der Waals surface area contributed by atoms with Gasteiger partial charge in [0.05, 0.1) is 0 Å². The Labute approximate surface area is 108 Å². The zero-order chi connectivity index (χ0) is 11.5. The van der Waals surface area contributed by atoms with Crippen molar-refractivity contribution in [3.8, 4) is 0 Å². The van der Waals surface area contributed by atoms with E-state index in [4.69, 9.17) is 5.41 Å². The Hall–Kier alpha value is 0.400. The molecule has 3 atom stereocenters. The van der Waals surface area contributed by atoms with E-state index in [1.54, 1.807) is 0 Å². The van der Waals surface area contributed by atoms with Gasteiger partial charge in [0.15, 0.2) is 0 Å². The number of halogens is 1. The monoisotopic (exact) mass is 321 g/mol. The van der Waals surface area contributed by atoms with Gasteiger partial charge in [-0.05, 0) is 31.6 Å². The lowest BCUT2D eigenvalue weighted by atomic mass is 9.90. The summed E-state index contributed by atoms with van der Waals surface area (Å²) in [6, 6.07) is 0. The fourth-order valence-electron chi connectivity index (χ4n) is 2.74. The first-order valence-corrected chi connectivity index (χ1v) is 7.43. The zero-order valence-corrected chi connectivity index (χ0v) is 12.4. The van der Waals surface area contributed by atoms with Crippen LogP contribution in [0.25, 0.3) is 0 Å². The Morgan fingerprint density at radius 1 is 1.40 bits per heavy atom. The highest BCUT2D eigenvalue weighted by Gasteiger charge is 2.54. The molecule has 0 bridgehead atoms. The van der Waals surface area contributed by atoms with Crippen LogP contribution in [0, 0.1) is 17.2 Å². The summed E-state index contributed by atoms with van der Waals surface area (Å²) in [6.07, 6.45) is 7.28. The lowest BCUT2D eigenvalue weighted by Crippen LogP contribution is -2.19. The average molecular weight is 321 g/mol. The molecule has 15 heavy (non-hydrogen) atoms. The molecule has 1 fully saturated rings. The van der Waals surface area contributed by atoms with Crippen LogP contribution in [0.3, 0.4) is 0 Å². The van der Waals surface area contributed by atoms with Crippen molar-refractivity contribution in [2.75, 3.05) is 0 Å². The second-order valence-corrected chi connectivity index (χ2v) is 7.03. The van der Waals surface area contributed by atoms with Crippen LogP contribution in [0.5, 0.6) is 0 Å². The van der Waals surface area contributed by atoms with Crippen LogP contribution < -0.4 is 0 Å². The number of nitrogens with one attached hydrogen (secondary N) is 1. The van der Waals surface area contributed by atoms with Gasteiger partial charge in [-0.3, -0.25) is 0 Å². The third-order valence-corrected chi connectivity index (χ3v) is 5.40. The van der Waals surface area contributed by atoms with Crippen LogP contribution in [0.15, 0.2) is 0 Å². The van der Waals surface area contributed by atoms with Gasteiger partial charge < -0.3 is 5.41 Å².